The van der Waals surface area contributed by atoms with Gasteiger partial charge in [0.05, 0.1) is 11.5 Å². The summed E-state index contributed by atoms with van der Waals surface area (Å²) in [5, 5.41) is 0.228. The molecule has 2 aromatic carbocycles. The highest BCUT2D eigenvalue weighted by molar-refractivity contribution is 7.18. The van der Waals surface area contributed by atoms with Crippen LogP contribution in [0, 0.1) is 0 Å². The highest BCUT2D eigenvalue weighted by Gasteiger charge is 2.95. The quantitative estimate of drug-likeness (QED) is 0.0995. The fourth-order valence-corrected chi connectivity index (χ4v) is 4.89. The van der Waals surface area contributed by atoms with Gasteiger partial charge in [0.25, 0.3) is 0 Å². The summed E-state index contributed by atoms with van der Waals surface area (Å²) < 4.78 is 233. The number of hydrogen-bond donors (Lipinski definition) is 0. The predicted molar refractivity (Wildman–Crippen MR) is 133 cm³/mol. The van der Waals surface area contributed by atoms with Crippen LogP contribution in [0.2, 0.25) is 0 Å². The van der Waals surface area contributed by atoms with Gasteiger partial charge in [-0.1, -0.05) is 60.7 Å². The van der Waals surface area contributed by atoms with Gasteiger partial charge in [-0.2, -0.15) is 74.6 Å². The monoisotopic (exact) mass is 741 g/mol. The number of nitrogens with zero attached hydrogens (tertiary/aromatic N) is 1. The van der Waals surface area contributed by atoms with Crippen molar-refractivity contribution in [2.75, 3.05) is 6.61 Å². The third kappa shape index (κ3) is 6.28. The summed E-state index contributed by atoms with van der Waals surface area (Å²) in [7, 11) is 0. The fourth-order valence-electron chi connectivity index (χ4n) is 3.83. The molecule has 1 heterocycles. The van der Waals surface area contributed by atoms with E-state index in [0.717, 1.165) is 11.3 Å². The van der Waals surface area contributed by atoms with Crippen LogP contribution in [0.15, 0.2) is 60.7 Å². The van der Waals surface area contributed by atoms with Gasteiger partial charge in [-0.25, -0.2) is 9.78 Å². The van der Waals surface area contributed by atoms with E-state index >= 15 is 0 Å². The minimum atomic E-state index is -8.69. The first-order chi connectivity index (χ1) is 21.7. The lowest BCUT2D eigenvalue weighted by atomic mass is 9.88. The van der Waals surface area contributed by atoms with Crippen LogP contribution in [-0.4, -0.2) is 65.2 Å². The molecule has 21 heteroatoms. The van der Waals surface area contributed by atoms with Gasteiger partial charge >= 0.3 is 53.6 Å². The van der Waals surface area contributed by atoms with Gasteiger partial charge in [0, 0.05) is 12.0 Å². The first-order valence-electron chi connectivity index (χ1n) is 12.7. The van der Waals surface area contributed by atoms with Crippen molar-refractivity contribution in [3.63, 3.8) is 0 Å². The Balaban J connectivity index is 1.81. The first-order valence-corrected chi connectivity index (χ1v) is 13.5. The molecule has 0 saturated heterocycles. The molecule has 3 aromatic rings. The zero-order chi connectivity index (χ0) is 36.8. The Morgan fingerprint density at radius 1 is 0.583 bits per heavy atom. The molecule has 0 radical (unpaired) electrons. The molecule has 0 aliphatic carbocycles. The first kappa shape index (κ1) is 38.8. The lowest BCUT2D eigenvalue weighted by molar-refractivity contribution is -0.461. The van der Waals surface area contributed by atoms with Crippen LogP contribution in [-0.2, 0) is 4.74 Å². The van der Waals surface area contributed by atoms with E-state index < -0.39 is 78.7 Å². The molecular weight excluding hydrogens is 725 g/mol. The average Bonchev–Trinajstić information content (AvgIpc) is 3.45. The van der Waals surface area contributed by atoms with E-state index in [0.29, 0.717) is 11.1 Å². The van der Waals surface area contributed by atoms with Crippen molar-refractivity contribution in [2.24, 2.45) is 0 Å². The summed E-state index contributed by atoms with van der Waals surface area (Å²) in [6.07, 6.45) is -12.2. The summed E-state index contributed by atoms with van der Waals surface area (Å²) in [5.41, 5.74) is 0.421. The second-order valence-corrected chi connectivity index (χ2v) is 10.8. The molecule has 3 rings (SSSR count). The van der Waals surface area contributed by atoms with Gasteiger partial charge in [0.2, 0.25) is 0 Å². The molecule has 1 aromatic heterocycles. The van der Waals surface area contributed by atoms with Crippen LogP contribution in [0.5, 0.6) is 0 Å². The summed E-state index contributed by atoms with van der Waals surface area (Å²) >= 11 is 0.943. The zero-order valence-electron chi connectivity index (χ0n) is 23.0. The topological polar surface area (TPSA) is 39.2 Å². The van der Waals surface area contributed by atoms with Crippen LogP contribution < -0.4 is 0 Å². The smallest absolute Gasteiger partial charge is 0.460 e. The van der Waals surface area contributed by atoms with Gasteiger partial charge < -0.3 is 4.74 Å². The number of carbonyl (C=O) groups is 1. The molecule has 0 saturated carbocycles. The number of hydrogen-bond acceptors (Lipinski definition) is 4. The van der Waals surface area contributed by atoms with Crippen LogP contribution >= 0.6 is 11.3 Å². The summed E-state index contributed by atoms with van der Waals surface area (Å²) in [4.78, 5) is 17.0. The molecule has 0 atom stereocenters. The number of benzene rings is 2. The Hall–Kier alpha value is -3.65. The molecular formula is C27H16F17NO2S. The molecule has 48 heavy (non-hydrogen) atoms. The van der Waals surface area contributed by atoms with E-state index in [9.17, 15) is 79.4 Å². The third-order valence-corrected chi connectivity index (χ3v) is 7.69. The normalized spacial score (nSPS) is 14.3. The lowest BCUT2D eigenvalue weighted by Gasteiger charge is -2.42. The van der Waals surface area contributed by atoms with Crippen molar-refractivity contribution >= 4 is 17.3 Å². The number of alkyl halides is 17. The van der Waals surface area contributed by atoms with Crippen LogP contribution in [0.25, 0.3) is 21.0 Å². The highest BCUT2D eigenvalue weighted by atomic mass is 32.1. The molecule has 0 N–H and O–H groups in total. The lowest BCUT2D eigenvalue weighted by Crippen LogP contribution is -2.74. The molecule has 266 valence electrons. The third-order valence-electron chi connectivity index (χ3n) is 6.53. The largest absolute Gasteiger partial charge is 0.461 e. The van der Waals surface area contributed by atoms with Crippen molar-refractivity contribution in [3.8, 4) is 21.0 Å². The Labute approximate surface area is 261 Å². The summed E-state index contributed by atoms with van der Waals surface area (Å²) in [6, 6.07) is 15.8. The molecule has 0 amide bonds. The Bertz CT molecular complexity index is 1570. The maximum atomic E-state index is 14.2. The Morgan fingerprint density at radius 2 is 1.00 bits per heavy atom. The van der Waals surface area contributed by atoms with Gasteiger partial charge in [-0.05, 0) is 12.0 Å². The molecule has 0 aliphatic rings. The SMILES string of the molecule is O=C(OCCCC(F)(F)C(F)(F)C(F)(F)C(F)(F)C(F)(F)C(F)(F)C(F)(F)C(F)(F)F)c1nc(-c2ccccc2)sc1-c1ccccc1. The second-order valence-electron chi connectivity index (χ2n) is 9.82. The number of ether oxygens (including phenoxy) is 1. The number of rotatable bonds is 13. The van der Waals surface area contributed by atoms with E-state index in [2.05, 4.69) is 9.72 Å². The molecule has 3 nitrogen and oxygen atoms in total. The van der Waals surface area contributed by atoms with Crippen molar-refractivity contribution in [1.29, 1.82) is 0 Å². The number of halogens is 17. The number of esters is 1. The van der Waals surface area contributed by atoms with Crippen LogP contribution in [0.3, 0.4) is 0 Å². The molecule has 0 bridgehead atoms. The van der Waals surface area contributed by atoms with Crippen molar-refractivity contribution in [3.05, 3.63) is 66.4 Å². The highest BCUT2D eigenvalue weighted by Crippen LogP contribution is 2.64. The maximum Gasteiger partial charge on any atom is 0.460 e. The van der Waals surface area contributed by atoms with Crippen LogP contribution in [0.1, 0.15) is 23.3 Å². The standard InChI is InChI=1S/C27H16F17NO2S/c28-20(29,21(30,31)22(32,33)23(34,35)24(36,37)25(38,39)26(40,41)27(42,43)44)12-7-13-47-19(46)16-17(14-8-3-1-4-9-14)48-18(45-16)15-10-5-2-6-11-15/h1-6,8-11H,7,12-13H2. The summed E-state index contributed by atoms with van der Waals surface area (Å²) in [6.45, 7) is -1.37. The van der Waals surface area contributed by atoms with Gasteiger partial charge in [0.15, 0.2) is 5.69 Å². The minimum absolute atomic E-state index is 0.145. The molecule has 0 fully saturated rings. The minimum Gasteiger partial charge on any atom is -0.461 e. The second kappa shape index (κ2) is 12.7. The van der Waals surface area contributed by atoms with Crippen molar-refractivity contribution in [1.82, 2.24) is 4.98 Å². The van der Waals surface area contributed by atoms with Gasteiger partial charge in [0.1, 0.15) is 5.01 Å². The van der Waals surface area contributed by atoms with E-state index in [1.807, 2.05) is 0 Å². The molecule has 0 aliphatic heterocycles. The van der Waals surface area contributed by atoms with E-state index in [1.54, 1.807) is 48.5 Å². The number of carbonyl (C=O) groups excluding carboxylic acids is 1. The van der Waals surface area contributed by atoms with Crippen molar-refractivity contribution < 1.29 is 84.2 Å². The number of aromatic nitrogens is 1. The van der Waals surface area contributed by atoms with Crippen LogP contribution in [0.4, 0.5) is 74.6 Å². The molecule has 0 spiro atoms. The fraction of sp³-hybridized carbons (Fsp3) is 0.407. The van der Waals surface area contributed by atoms with Gasteiger partial charge in [-0.15, -0.1) is 11.3 Å². The van der Waals surface area contributed by atoms with Gasteiger partial charge in [-0.3, -0.25) is 0 Å². The molecule has 0 unspecified atom stereocenters. The maximum absolute atomic E-state index is 14.2. The van der Waals surface area contributed by atoms with E-state index in [1.165, 1.54) is 12.1 Å². The van der Waals surface area contributed by atoms with E-state index in [4.69, 9.17) is 0 Å². The van der Waals surface area contributed by atoms with Crippen molar-refractivity contribution in [2.45, 2.75) is 60.5 Å². The van der Waals surface area contributed by atoms with E-state index in [-0.39, 0.29) is 9.88 Å². The average molecular weight is 741 g/mol. The Kier molecular flexibility index (Phi) is 10.2. The summed E-state index contributed by atoms with van der Waals surface area (Å²) in [5.74, 6) is -58.3. The Morgan fingerprint density at radius 3 is 1.46 bits per heavy atom. The zero-order valence-corrected chi connectivity index (χ0v) is 23.8. The predicted octanol–water partition coefficient (Wildman–Crippen LogP) is 10.4. The number of thiazole rings is 1.